The Morgan fingerprint density at radius 1 is 1.18 bits per heavy atom. The van der Waals surface area contributed by atoms with Crippen LogP contribution in [0.2, 0.25) is 0 Å². The maximum Gasteiger partial charge on any atom is 0.317 e. The third kappa shape index (κ3) is 8.51. The molecule has 1 aromatic carbocycles. The summed E-state index contributed by atoms with van der Waals surface area (Å²) < 4.78 is 25.4. The molecule has 1 aromatic rings. The number of halogens is 1. The number of nitrogens with one attached hydrogen (secondary N) is 2. The first-order valence-electron chi connectivity index (χ1n) is 13.2. The second-order valence-electron chi connectivity index (χ2n) is 9.98. The van der Waals surface area contributed by atoms with Crippen LogP contribution in [0.25, 0.3) is 0 Å². The van der Waals surface area contributed by atoms with Crippen molar-refractivity contribution in [2.75, 3.05) is 47.0 Å². The molecule has 2 fully saturated rings. The van der Waals surface area contributed by atoms with Crippen molar-refractivity contribution in [3.05, 3.63) is 35.6 Å². The van der Waals surface area contributed by atoms with E-state index in [1.54, 1.807) is 19.2 Å². The number of urea groups is 1. The third-order valence-electron chi connectivity index (χ3n) is 7.26. The normalized spacial score (nSPS) is 21.3. The van der Waals surface area contributed by atoms with Crippen LogP contribution in [0.3, 0.4) is 0 Å². The van der Waals surface area contributed by atoms with E-state index in [-0.39, 0.29) is 29.9 Å². The van der Waals surface area contributed by atoms with E-state index in [9.17, 15) is 9.18 Å². The van der Waals surface area contributed by atoms with Gasteiger partial charge in [-0.25, -0.2) is 9.18 Å². The molecule has 1 aliphatic heterocycles. The number of ether oxygens (including phenoxy) is 2. The van der Waals surface area contributed by atoms with Gasteiger partial charge in [0.1, 0.15) is 5.82 Å². The van der Waals surface area contributed by atoms with Crippen molar-refractivity contribution >= 4 is 6.03 Å². The lowest BCUT2D eigenvalue weighted by Crippen LogP contribution is -2.52. The summed E-state index contributed by atoms with van der Waals surface area (Å²) in [6.45, 7) is 3.32. The minimum atomic E-state index is -0.258. The number of nitrogens with zero attached hydrogens (tertiary/aromatic N) is 1. The van der Waals surface area contributed by atoms with Gasteiger partial charge in [0.25, 0.3) is 0 Å². The van der Waals surface area contributed by atoms with Gasteiger partial charge in [0.05, 0.1) is 6.10 Å². The molecule has 0 aromatic heterocycles. The van der Waals surface area contributed by atoms with Crippen molar-refractivity contribution < 1.29 is 18.7 Å². The molecule has 0 spiro atoms. The SMILES string of the molecule is CNCC(CC1CCCCC1)NC(=O)N1CCC[C@@H]([C@@H](OCCCOC)c2cccc(F)c2)C1. The van der Waals surface area contributed by atoms with Gasteiger partial charge in [-0.1, -0.05) is 44.2 Å². The van der Waals surface area contributed by atoms with E-state index in [4.69, 9.17) is 9.47 Å². The zero-order chi connectivity index (χ0) is 24.2. The monoisotopic (exact) mass is 477 g/mol. The van der Waals surface area contributed by atoms with Crippen molar-refractivity contribution in [2.45, 2.75) is 69.9 Å². The summed E-state index contributed by atoms with van der Waals surface area (Å²) >= 11 is 0. The number of carbonyl (C=O) groups is 1. The zero-order valence-corrected chi connectivity index (χ0v) is 21.1. The van der Waals surface area contributed by atoms with Crippen LogP contribution in [0.4, 0.5) is 9.18 Å². The molecule has 0 bridgehead atoms. The van der Waals surface area contributed by atoms with Crippen LogP contribution in [0.1, 0.15) is 69.5 Å². The molecule has 7 heteroatoms. The number of piperidine rings is 1. The number of rotatable bonds is 12. The summed E-state index contributed by atoms with van der Waals surface area (Å²) in [4.78, 5) is 15.2. The molecule has 3 atom stereocenters. The van der Waals surface area contributed by atoms with E-state index in [2.05, 4.69) is 10.6 Å². The number of amides is 2. The molecule has 192 valence electrons. The van der Waals surface area contributed by atoms with Crippen LogP contribution in [0.15, 0.2) is 24.3 Å². The van der Waals surface area contributed by atoms with E-state index < -0.39 is 0 Å². The van der Waals surface area contributed by atoms with Gasteiger partial charge in [-0.15, -0.1) is 0 Å². The van der Waals surface area contributed by atoms with E-state index in [1.807, 2.05) is 18.0 Å². The zero-order valence-electron chi connectivity index (χ0n) is 21.1. The lowest BCUT2D eigenvalue weighted by atomic mass is 9.85. The van der Waals surface area contributed by atoms with E-state index in [1.165, 1.54) is 38.2 Å². The van der Waals surface area contributed by atoms with Gasteiger partial charge in [-0.3, -0.25) is 0 Å². The number of methoxy groups -OCH3 is 1. The third-order valence-corrected chi connectivity index (χ3v) is 7.26. The number of likely N-dealkylation sites (N-methyl/N-ethyl adjacent to an activating group) is 1. The molecule has 2 aliphatic rings. The first-order valence-corrected chi connectivity index (χ1v) is 13.2. The van der Waals surface area contributed by atoms with Crippen LogP contribution < -0.4 is 10.6 Å². The highest BCUT2D eigenvalue weighted by molar-refractivity contribution is 5.74. The number of likely N-dealkylation sites (tertiary alicyclic amines) is 1. The predicted octanol–water partition coefficient (Wildman–Crippen LogP) is 4.90. The lowest BCUT2D eigenvalue weighted by Gasteiger charge is -2.38. The molecule has 1 heterocycles. The molecule has 3 rings (SSSR count). The average molecular weight is 478 g/mol. The Hall–Kier alpha value is -1.70. The number of hydrogen-bond donors (Lipinski definition) is 2. The molecule has 1 saturated heterocycles. The highest BCUT2D eigenvalue weighted by Gasteiger charge is 2.32. The minimum Gasteiger partial charge on any atom is -0.385 e. The summed E-state index contributed by atoms with van der Waals surface area (Å²) in [6, 6.07) is 6.84. The van der Waals surface area contributed by atoms with Gasteiger partial charge < -0.3 is 25.0 Å². The molecule has 1 unspecified atom stereocenters. The Bertz CT molecular complexity index is 729. The highest BCUT2D eigenvalue weighted by Crippen LogP contribution is 2.33. The molecule has 6 nitrogen and oxygen atoms in total. The van der Waals surface area contributed by atoms with E-state index in [0.717, 1.165) is 44.3 Å². The maximum atomic E-state index is 14.0. The Morgan fingerprint density at radius 2 is 2.00 bits per heavy atom. The summed E-state index contributed by atoms with van der Waals surface area (Å²) in [5.74, 6) is 0.579. The van der Waals surface area contributed by atoms with Gasteiger partial charge >= 0.3 is 6.03 Å². The molecule has 1 saturated carbocycles. The fourth-order valence-electron chi connectivity index (χ4n) is 5.57. The van der Waals surface area contributed by atoms with Crippen molar-refractivity contribution in [3.8, 4) is 0 Å². The van der Waals surface area contributed by atoms with Gasteiger partial charge in [0, 0.05) is 51.9 Å². The van der Waals surface area contributed by atoms with Gasteiger partial charge in [-0.2, -0.15) is 0 Å². The molecular weight excluding hydrogens is 433 g/mol. The highest BCUT2D eigenvalue weighted by atomic mass is 19.1. The van der Waals surface area contributed by atoms with Gasteiger partial charge in [-0.05, 0) is 56.3 Å². The van der Waals surface area contributed by atoms with Crippen molar-refractivity contribution in [1.82, 2.24) is 15.5 Å². The lowest BCUT2D eigenvalue weighted by molar-refractivity contribution is -0.0169. The Morgan fingerprint density at radius 3 is 2.74 bits per heavy atom. The molecule has 0 radical (unpaired) electrons. The standard InChI is InChI=1S/C27H44FN3O3/c1-29-19-25(17-21-9-4-3-5-10-21)30-27(32)31-14-7-12-23(20-31)26(34-16-8-15-33-2)22-11-6-13-24(28)18-22/h6,11,13,18,21,23,25-26,29H,3-5,7-10,12,14-17,19-20H2,1-2H3,(H,30,32)/t23-,25?,26+/m1/s1. The van der Waals surface area contributed by atoms with E-state index >= 15 is 0 Å². The van der Waals surface area contributed by atoms with Crippen LogP contribution >= 0.6 is 0 Å². The summed E-state index contributed by atoms with van der Waals surface area (Å²) in [5.41, 5.74) is 0.843. The number of carbonyl (C=O) groups excluding carboxylic acids is 1. The van der Waals surface area contributed by atoms with Crippen molar-refractivity contribution in [2.24, 2.45) is 11.8 Å². The first kappa shape index (κ1) is 26.9. The molecule has 2 N–H and O–H groups in total. The first-order chi connectivity index (χ1) is 16.6. The summed E-state index contributed by atoms with van der Waals surface area (Å²) in [6.07, 6.45) is 9.98. The Balaban J connectivity index is 1.62. The summed E-state index contributed by atoms with van der Waals surface area (Å²) in [5, 5.41) is 6.56. The fourth-order valence-corrected chi connectivity index (χ4v) is 5.57. The minimum absolute atomic E-state index is 0.0122. The second-order valence-corrected chi connectivity index (χ2v) is 9.98. The van der Waals surface area contributed by atoms with E-state index in [0.29, 0.717) is 25.7 Å². The Labute approximate surface area is 204 Å². The predicted molar refractivity (Wildman–Crippen MR) is 133 cm³/mol. The average Bonchev–Trinajstić information content (AvgIpc) is 2.85. The fraction of sp³-hybridized carbons (Fsp3) is 0.741. The topological polar surface area (TPSA) is 62.8 Å². The smallest absolute Gasteiger partial charge is 0.317 e. The van der Waals surface area contributed by atoms with Crippen LogP contribution in [0, 0.1) is 17.7 Å². The molecular formula is C27H44FN3O3. The van der Waals surface area contributed by atoms with Crippen LogP contribution in [-0.2, 0) is 9.47 Å². The summed E-state index contributed by atoms with van der Waals surface area (Å²) in [7, 11) is 3.62. The molecule has 34 heavy (non-hydrogen) atoms. The molecule has 2 amide bonds. The second kappa shape index (κ2) is 14.6. The maximum absolute atomic E-state index is 14.0. The van der Waals surface area contributed by atoms with Crippen LogP contribution in [0.5, 0.6) is 0 Å². The van der Waals surface area contributed by atoms with Gasteiger partial charge in [0.15, 0.2) is 0 Å². The van der Waals surface area contributed by atoms with Crippen LogP contribution in [-0.4, -0.2) is 64.0 Å². The van der Waals surface area contributed by atoms with Gasteiger partial charge in [0.2, 0.25) is 0 Å². The quantitative estimate of drug-likeness (QED) is 0.421. The molecule has 1 aliphatic carbocycles. The number of benzene rings is 1. The van der Waals surface area contributed by atoms with Crippen molar-refractivity contribution in [3.63, 3.8) is 0 Å². The van der Waals surface area contributed by atoms with Crippen molar-refractivity contribution in [1.29, 1.82) is 0 Å². The number of hydrogen-bond acceptors (Lipinski definition) is 4. The Kier molecular flexibility index (Phi) is 11.6. The largest absolute Gasteiger partial charge is 0.385 e.